The van der Waals surface area contributed by atoms with Crippen LogP contribution in [0.2, 0.25) is 0 Å². The van der Waals surface area contributed by atoms with E-state index in [4.69, 9.17) is 4.74 Å². The molecule has 1 spiro atoms. The predicted molar refractivity (Wildman–Crippen MR) is 141 cm³/mol. The van der Waals surface area contributed by atoms with E-state index < -0.39 is 18.0 Å². The summed E-state index contributed by atoms with van der Waals surface area (Å²) in [5.41, 5.74) is 0.973. The molecule has 2 aliphatic rings. The van der Waals surface area contributed by atoms with E-state index in [1.807, 2.05) is 32.0 Å². The average molecular weight is 513 g/mol. The van der Waals surface area contributed by atoms with Gasteiger partial charge in [-0.3, -0.25) is 14.4 Å². The normalized spacial score (nSPS) is 20.6. The fourth-order valence-corrected chi connectivity index (χ4v) is 5.92. The number of aromatic nitrogens is 1. The standard InChI is InChI=1S/C28H40N4O5/c1-17(2)12-22(31-27(36)23-14-20-21(30-23)8-7-9-24(20)37-3)26(35)29-19(16-33)13-18-15-28(32-25(18)34)10-5-4-6-11-28/h7-9,14,17-19,22,30,33H,4-6,10-13,15-16H2,1-3H3,(H,29,35)(H,31,36)(H,32,34). The lowest BCUT2D eigenvalue weighted by molar-refractivity contribution is -0.126. The number of aliphatic hydroxyl groups is 1. The van der Waals surface area contributed by atoms with Gasteiger partial charge in [-0.05, 0) is 56.2 Å². The molecule has 5 N–H and O–H groups in total. The number of ether oxygens (including phenoxy) is 1. The Morgan fingerprint density at radius 3 is 2.62 bits per heavy atom. The molecular weight excluding hydrogens is 472 g/mol. The van der Waals surface area contributed by atoms with Crippen molar-refractivity contribution in [1.82, 2.24) is 20.9 Å². The van der Waals surface area contributed by atoms with Gasteiger partial charge in [-0.1, -0.05) is 39.2 Å². The molecule has 2 fully saturated rings. The van der Waals surface area contributed by atoms with Gasteiger partial charge in [0.15, 0.2) is 0 Å². The summed E-state index contributed by atoms with van der Waals surface area (Å²) < 4.78 is 5.38. The summed E-state index contributed by atoms with van der Waals surface area (Å²) in [7, 11) is 1.58. The number of hydrogen-bond donors (Lipinski definition) is 5. The quantitative estimate of drug-likeness (QED) is 0.334. The van der Waals surface area contributed by atoms with Crippen LogP contribution in [0.5, 0.6) is 5.75 Å². The van der Waals surface area contributed by atoms with E-state index in [-0.39, 0.29) is 35.8 Å². The van der Waals surface area contributed by atoms with E-state index in [0.29, 0.717) is 24.3 Å². The zero-order valence-corrected chi connectivity index (χ0v) is 22.1. The Labute approximate surface area is 218 Å². The molecular formula is C28H40N4O5. The van der Waals surface area contributed by atoms with E-state index in [2.05, 4.69) is 20.9 Å². The van der Waals surface area contributed by atoms with Gasteiger partial charge in [0.25, 0.3) is 5.91 Å². The van der Waals surface area contributed by atoms with Crippen molar-refractivity contribution in [1.29, 1.82) is 0 Å². The fraction of sp³-hybridized carbons (Fsp3) is 0.607. The molecule has 1 aromatic heterocycles. The number of aromatic amines is 1. The Bertz CT molecular complexity index is 1120. The molecule has 9 heteroatoms. The number of nitrogens with one attached hydrogen (secondary N) is 4. The molecule has 37 heavy (non-hydrogen) atoms. The lowest BCUT2D eigenvalue weighted by Gasteiger charge is -2.33. The summed E-state index contributed by atoms with van der Waals surface area (Å²) in [5.74, 6) is -0.181. The molecule has 2 aromatic rings. The van der Waals surface area contributed by atoms with Crippen molar-refractivity contribution in [2.75, 3.05) is 13.7 Å². The Hall–Kier alpha value is -3.07. The minimum Gasteiger partial charge on any atom is -0.496 e. The highest BCUT2D eigenvalue weighted by atomic mass is 16.5. The molecule has 3 amide bonds. The molecule has 0 radical (unpaired) electrons. The molecule has 0 bridgehead atoms. The number of amides is 3. The first-order valence-corrected chi connectivity index (χ1v) is 13.4. The number of aliphatic hydroxyl groups excluding tert-OH is 1. The zero-order chi connectivity index (χ0) is 26.6. The van der Waals surface area contributed by atoms with Crippen molar-refractivity contribution in [3.05, 3.63) is 30.0 Å². The topological polar surface area (TPSA) is 133 Å². The lowest BCUT2D eigenvalue weighted by Crippen LogP contribution is -2.51. The number of H-pyrrole nitrogens is 1. The molecule has 3 unspecified atom stereocenters. The van der Waals surface area contributed by atoms with E-state index in [1.54, 1.807) is 13.2 Å². The SMILES string of the molecule is COc1cccc2[nH]c(C(=O)NC(CC(C)C)C(=O)NC(CO)CC3CC4(CCCCC4)NC3=O)cc12. The van der Waals surface area contributed by atoms with Gasteiger partial charge in [-0.2, -0.15) is 0 Å². The van der Waals surface area contributed by atoms with Crippen LogP contribution in [0, 0.1) is 11.8 Å². The van der Waals surface area contributed by atoms with E-state index >= 15 is 0 Å². The number of carbonyl (C=O) groups is 3. The minimum absolute atomic E-state index is 0.0101. The van der Waals surface area contributed by atoms with Crippen LogP contribution in [0.25, 0.3) is 10.9 Å². The van der Waals surface area contributed by atoms with Crippen LogP contribution in [0.4, 0.5) is 0 Å². The van der Waals surface area contributed by atoms with Crippen LogP contribution in [0.3, 0.4) is 0 Å². The predicted octanol–water partition coefficient (Wildman–Crippen LogP) is 3.03. The maximum absolute atomic E-state index is 13.3. The molecule has 1 aliphatic heterocycles. The second-order valence-electron chi connectivity index (χ2n) is 11.1. The summed E-state index contributed by atoms with van der Waals surface area (Å²) >= 11 is 0. The molecule has 1 saturated carbocycles. The summed E-state index contributed by atoms with van der Waals surface area (Å²) in [5, 5.41) is 19.8. The highest BCUT2D eigenvalue weighted by molar-refractivity contribution is 6.01. The molecule has 2 heterocycles. The molecule has 4 rings (SSSR count). The van der Waals surface area contributed by atoms with Gasteiger partial charge in [-0.25, -0.2) is 0 Å². The first kappa shape index (κ1) is 27.0. The van der Waals surface area contributed by atoms with Crippen LogP contribution >= 0.6 is 0 Å². The summed E-state index contributed by atoms with van der Waals surface area (Å²) in [6, 6.07) is 5.88. The molecule has 1 aliphatic carbocycles. The smallest absolute Gasteiger partial charge is 0.268 e. The van der Waals surface area contributed by atoms with Crippen LogP contribution in [0.15, 0.2) is 24.3 Å². The first-order chi connectivity index (χ1) is 17.7. The number of carbonyl (C=O) groups excluding carboxylic acids is 3. The second-order valence-corrected chi connectivity index (χ2v) is 11.1. The van der Waals surface area contributed by atoms with Crippen LogP contribution in [-0.4, -0.2) is 59.2 Å². The third kappa shape index (κ3) is 6.26. The van der Waals surface area contributed by atoms with Gasteiger partial charge < -0.3 is 30.8 Å². The minimum atomic E-state index is -0.781. The maximum atomic E-state index is 13.3. The summed E-state index contributed by atoms with van der Waals surface area (Å²) in [4.78, 5) is 42.2. The highest BCUT2D eigenvalue weighted by Crippen LogP contribution is 2.39. The number of methoxy groups -OCH3 is 1. The van der Waals surface area contributed by atoms with Crippen molar-refractivity contribution in [3.63, 3.8) is 0 Å². The van der Waals surface area contributed by atoms with Gasteiger partial charge >= 0.3 is 0 Å². The van der Waals surface area contributed by atoms with Crippen molar-refractivity contribution >= 4 is 28.6 Å². The van der Waals surface area contributed by atoms with Crippen molar-refractivity contribution in [2.24, 2.45) is 11.8 Å². The average Bonchev–Trinajstić information content (AvgIpc) is 3.44. The highest BCUT2D eigenvalue weighted by Gasteiger charge is 2.45. The number of fused-ring (bicyclic) bond motifs is 1. The van der Waals surface area contributed by atoms with Crippen LogP contribution in [0.1, 0.15) is 75.7 Å². The van der Waals surface area contributed by atoms with Gasteiger partial charge in [0.1, 0.15) is 17.5 Å². The Balaban J connectivity index is 1.41. The Morgan fingerprint density at radius 1 is 1.19 bits per heavy atom. The van der Waals surface area contributed by atoms with Gasteiger partial charge in [0, 0.05) is 22.4 Å². The van der Waals surface area contributed by atoms with E-state index in [0.717, 1.165) is 43.0 Å². The number of rotatable bonds is 10. The monoisotopic (exact) mass is 512 g/mol. The van der Waals surface area contributed by atoms with Crippen molar-refractivity contribution < 1.29 is 24.2 Å². The van der Waals surface area contributed by atoms with Gasteiger partial charge in [0.2, 0.25) is 11.8 Å². The third-order valence-corrected chi connectivity index (χ3v) is 7.76. The molecule has 202 valence electrons. The molecule has 9 nitrogen and oxygen atoms in total. The molecule has 1 aromatic carbocycles. The zero-order valence-electron chi connectivity index (χ0n) is 22.1. The van der Waals surface area contributed by atoms with Crippen LogP contribution < -0.4 is 20.7 Å². The van der Waals surface area contributed by atoms with Gasteiger partial charge in [-0.15, -0.1) is 0 Å². The van der Waals surface area contributed by atoms with Crippen molar-refractivity contribution in [3.8, 4) is 5.75 Å². The van der Waals surface area contributed by atoms with E-state index in [1.165, 1.54) is 6.42 Å². The van der Waals surface area contributed by atoms with Gasteiger partial charge in [0.05, 0.1) is 19.8 Å². The molecule has 1 saturated heterocycles. The first-order valence-electron chi connectivity index (χ1n) is 13.4. The Morgan fingerprint density at radius 2 is 1.95 bits per heavy atom. The van der Waals surface area contributed by atoms with Crippen molar-refractivity contribution in [2.45, 2.75) is 82.8 Å². The fourth-order valence-electron chi connectivity index (χ4n) is 5.92. The number of benzene rings is 1. The lowest BCUT2D eigenvalue weighted by atomic mass is 9.78. The maximum Gasteiger partial charge on any atom is 0.268 e. The van der Waals surface area contributed by atoms with E-state index in [9.17, 15) is 19.5 Å². The Kier molecular flexibility index (Phi) is 8.42. The number of hydrogen-bond acceptors (Lipinski definition) is 5. The molecule has 3 atom stereocenters. The third-order valence-electron chi connectivity index (χ3n) is 7.76. The largest absolute Gasteiger partial charge is 0.496 e. The second kappa shape index (κ2) is 11.5. The summed E-state index contributed by atoms with van der Waals surface area (Å²) in [6.07, 6.45) is 6.98. The summed E-state index contributed by atoms with van der Waals surface area (Å²) in [6.45, 7) is 3.69. The van der Waals surface area contributed by atoms with Crippen LogP contribution in [-0.2, 0) is 9.59 Å².